The van der Waals surface area contributed by atoms with Gasteiger partial charge < -0.3 is 25.6 Å². The molecule has 2 amide bonds. The van der Waals surface area contributed by atoms with Crippen molar-refractivity contribution in [2.45, 2.75) is 69.9 Å². The van der Waals surface area contributed by atoms with Gasteiger partial charge in [-0.1, -0.05) is 13.0 Å². The van der Waals surface area contributed by atoms with E-state index in [9.17, 15) is 9.59 Å². The minimum Gasteiger partial charge on any atom is -0.383 e. The molecule has 5 heterocycles. The van der Waals surface area contributed by atoms with Gasteiger partial charge in [-0.05, 0) is 82.8 Å². The molecule has 6 rings (SSSR count). The maximum Gasteiger partial charge on any atom is 0.313 e. The molecule has 0 saturated carbocycles. The van der Waals surface area contributed by atoms with E-state index in [1.165, 1.54) is 15.9 Å². The number of nitrogens with one attached hydrogen (secondary N) is 1. The van der Waals surface area contributed by atoms with E-state index in [4.69, 9.17) is 15.5 Å². The van der Waals surface area contributed by atoms with Gasteiger partial charge in [-0.25, -0.2) is 9.97 Å². The summed E-state index contributed by atoms with van der Waals surface area (Å²) >= 11 is 1.79. The van der Waals surface area contributed by atoms with Crippen LogP contribution in [0.4, 0.5) is 11.5 Å². The van der Waals surface area contributed by atoms with Crippen molar-refractivity contribution in [1.82, 2.24) is 19.8 Å². The first-order chi connectivity index (χ1) is 19.6. The molecule has 3 N–H and O–H groups in total. The fourth-order valence-corrected chi connectivity index (χ4v) is 7.49. The van der Waals surface area contributed by atoms with Crippen LogP contribution in [0.2, 0.25) is 0 Å². The third kappa shape index (κ3) is 5.57. The molecule has 10 heteroatoms. The molecule has 0 aliphatic carbocycles. The Morgan fingerprint density at radius 3 is 2.68 bits per heavy atom. The Hall–Kier alpha value is -3.08. The van der Waals surface area contributed by atoms with Gasteiger partial charge >= 0.3 is 11.8 Å². The molecule has 3 aliphatic rings. The number of rotatable bonds is 4. The van der Waals surface area contributed by atoms with Crippen molar-refractivity contribution in [2.75, 3.05) is 44.4 Å². The van der Waals surface area contributed by atoms with E-state index in [0.29, 0.717) is 43.1 Å². The first-order valence-corrected chi connectivity index (χ1v) is 15.5. The SMILES string of the molecule is CC1CC[C@H](c2ccc3sc(C4CCN(C)C(C)(C)C4)nc3c2)N(C(=O)C(=O)Nc2cnc(N)c(C3COC3)c2)C1. The molecule has 3 aliphatic heterocycles. The number of carbonyl (C=O) groups is 2. The molecule has 0 spiro atoms. The Morgan fingerprint density at radius 1 is 1.15 bits per heavy atom. The molecule has 3 atom stereocenters. The number of piperidine rings is 2. The molecule has 3 saturated heterocycles. The van der Waals surface area contributed by atoms with Gasteiger partial charge in [0, 0.05) is 29.5 Å². The van der Waals surface area contributed by atoms with Crippen LogP contribution in [0.15, 0.2) is 30.5 Å². The number of anilines is 2. The highest BCUT2D eigenvalue weighted by Crippen LogP contribution is 2.41. The third-order valence-corrected chi connectivity index (χ3v) is 10.5. The number of pyridine rings is 1. The number of thiazole rings is 1. The zero-order chi connectivity index (χ0) is 28.9. The van der Waals surface area contributed by atoms with Crippen LogP contribution in [0.25, 0.3) is 10.2 Å². The molecule has 41 heavy (non-hydrogen) atoms. The number of likely N-dealkylation sites (tertiary alicyclic amines) is 2. The summed E-state index contributed by atoms with van der Waals surface area (Å²) in [6.07, 6.45) is 5.51. The predicted molar refractivity (Wildman–Crippen MR) is 162 cm³/mol. The number of nitrogens with two attached hydrogens (primary N) is 1. The van der Waals surface area contributed by atoms with E-state index < -0.39 is 11.8 Å². The fraction of sp³-hybridized carbons (Fsp3) is 0.548. The summed E-state index contributed by atoms with van der Waals surface area (Å²) in [7, 11) is 2.20. The molecule has 0 bridgehead atoms. The lowest BCUT2D eigenvalue weighted by Crippen LogP contribution is -2.46. The molecule has 218 valence electrons. The summed E-state index contributed by atoms with van der Waals surface area (Å²) in [5.41, 5.74) is 9.52. The highest BCUT2D eigenvalue weighted by atomic mass is 32.1. The van der Waals surface area contributed by atoms with Gasteiger partial charge in [0.15, 0.2) is 0 Å². The second kappa shape index (κ2) is 11.0. The Kier molecular flexibility index (Phi) is 7.50. The van der Waals surface area contributed by atoms with Crippen LogP contribution in [0, 0.1) is 5.92 Å². The van der Waals surface area contributed by atoms with E-state index in [-0.39, 0.29) is 17.5 Å². The molecule has 3 aromatic rings. The zero-order valence-electron chi connectivity index (χ0n) is 24.4. The molecular weight excluding hydrogens is 536 g/mol. The second-order valence-corrected chi connectivity index (χ2v) is 13.8. The number of amides is 2. The first-order valence-electron chi connectivity index (χ1n) is 14.7. The number of benzene rings is 1. The van der Waals surface area contributed by atoms with Crippen LogP contribution in [-0.2, 0) is 14.3 Å². The number of fused-ring (bicyclic) bond motifs is 1. The summed E-state index contributed by atoms with van der Waals surface area (Å²) in [4.78, 5) is 40.3. The van der Waals surface area contributed by atoms with Crippen LogP contribution in [0.3, 0.4) is 0 Å². The normalized spacial score (nSPS) is 25.2. The smallest absolute Gasteiger partial charge is 0.313 e. The van der Waals surface area contributed by atoms with E-state index in [2.05, 4.69) is 61.2 Å². The Bertz CT molecular complexity index is 1470. The standard InChI is InChI=1S/C31H40N6O3S/c1-18-5-7-25(19-6-8-26-24(11-19)35-29(41-26)20-9-10-36(4)31(2,3)13-20)37(15-18)30(39)28(38)34-22-12-23(21-16-40-17-21)27(32)33-14-22/h6,8,11-12,14,18,20-21,25H,5,7,9-10,13,15-17H2,1-4H3,(H2,32,33)(H,34,38)/t18?,20?,25-/m1/s1. The van der Waals surface area contributed by atoms with Crippen molar-refractivity contribution in [3.8, 4) is 0 Å². The number of carbonyl (C=O) groups excluding carboxylic acids is 2. The third-order valence-electron chi connectivity index (χ3n) is 9.31. The fourth-order valence-electron chi connectivity index (χ4n) is 6.41. The molecular formula is C31H40N6O3S. The highest BCUT2D eigenvalue weighted by Gasteiger charge is 2.36. The number of aromatic nitrogens is 2. The largest absolute Gasteiger partial charge is 0.383 e. The first kappa shape index (κ1) is 28.1. The van der Waals surface area contributed by atoms with Crippen LogP contribution in [-0.4, -0.2) is 70.5 Å². The number of hydrogen-bond donors (Lipinski definition) is 2. The van der Waals surface area contributed by atoms with Crippen LogP contribution >= 0.6 is 11.3 Å². The van der Waals surface area contributed by atoms with Gasteiger partial charge in [-0.3, -0.25) is 9.59 Å². The van der Waals surface area contributed by atoms with Gasteiger partial charge in [-0.2, -0.15) is 0 Å². The number of nitrogens with zero attached hydrogens (tertiary/aromatic N) is 4. The molecule has 9 nitrogen and oxygen atoms in total. The van der Waals surface area contributed by atoms with E-state index in [1.54, 1.807) is 22.3 Å². The van der Waals surface area contributed by atoms with Crippen molar-refractivity contribution in [3.05, 3.63) is 46.6 Å². The summed E-state index contributed by atoms with van der Waals surface area (Å²) < 4.78 is 6.45. The topological polar surface area (TPSA) is 114 Å². The van der Waals surface area contributed by atoms with E-state index >= 15 is 0 Å². The van der Waals surface area contributed by atoms with E-state index in [0.717, 1.165) is 48.9 Å². The Labute approximate surface area is 245 Å². The quantitative estimate of drug-likeness (QED) is 0.424. The van der Waals surface area contributed by atoms with Crippen molar-refractivity contribution in [1.29, 1.82) is 0 Å². The van der Waals surface area contributed by atoms with Crippen LogP contribution in [0.5, 0.6) is 0 Å². The number of ether oxygens (including phenoxy) is 1. The lowest BCUT2D eigenvalue weighted by Gasteiger charge is -2.43. The summed E-state index contributed by atoms with van der Waals surface area (Å²) in [5, 5.41) is 3.97. The maximum atomic E-state index is 13.6. The molecule has 1 aromatic carbocycles. The van der Waals surface area contributed by atoms with E-state index in [1.807, 2.05) is 0 Å². The minimum atomic E-state index is -0.659. The van der Waals surface area contributed by atoms with Crippen molar-refractivity contribution < 1.29 is 14.3 Å². The Balaban J connectivity index is 1.21. The monoisotopic (exact) mass is 576 g/mol. The van der Waals surface area contributed by atoms with Crippen LogP contribution < -0.4 is 11.1 Å². The molecule has 0 radical (unpaired) electrons. The lowest BCUT2D eigenvalue weighted by molar-refractivity contribution is -0.146. The van der Waals surface area contributed by atoms with Gasteiger partial charge in [0.25, 0.3) is 0 Å². The van der Waals surface area contributed by atoms with Crippen molar-refractivity contribution in [2.24, 2.45) is 5.92 Å². The van der Waals surface area contributed by atoms with Gasteiger partial charge in [0.1, 0.15) is 5.82 Å². The minimum absolute atomic E-state index is 0.155. The number of hydrogen-bond acceptors (Lipinski definition) is 8. The summed E-state index contributed by atoms with van der Waals surface area (Å²) in [6.45, 7) is 9.51. The molecule has 2 unspecified atom stereocenters. The maximum absolute atomic E-state index is 13.6. The highest BCUT2D eigenvalue weighted by molar-refractivity contribution is 7.18. The van der Waals surface area contributed by atoms with Crippen molar-refractivity contribution >= 4 is 44.9 Å². The summed E-state index contributed by atoms with van der Waals surface area (Å²) in [5.74, 6) is 0.170. The summed E-state index contributed by atoms with van der Waals surface area (Å²) in [6, 6.07) is 8.01. The van der Waals surface area contributed by atoms with Gasteiger partial charge in [0.05, 0.1) is 46.4 Å². The van der Waals surface area contributed by atoms with Gasteiger partial charge in [-0.15, -0.1) is 11.3 Å². The van der Waals surface area contributed by atoms with Crippen molar-refractivity contribution in [3.63, 3.8) is 0 Å². The second-order valence-electron chi connectivity index (χ2n) is 12.7. The molecule has 3 fully saturated rings. The Morgan fingerprint density at radius 2 is 1.95 bits per heavy atom. The number of nitrogen functional groups attached to an aromatic ring is 1. The molecule has 2 aromatic heterocycles. The average Bonchev–Trinajstić information content (AvgIpc) is 3.34. The lowest BCUT2D eigenvalue weighted by atomic mass is 9.83. The van der Waals surface area contributed by atoms with Crippen LogP contribution in [0.1, 0.15) is 80.5 Å². The van der Waals surface area contributed by atoms with Gasteiger partial charge in [0.2, 0.25) is 0 Å². The average molecular weight is 577 g/mol. The zero-order valence-corrected chi connectivity index (χ0v) is 25.2. The predicted octanol–water partition coefficient (Wildman–Crippen LogP) is 4.91.